The molecule has 0 saturated carbocycles. The first-order valence-corrected chi connectivity index (χ1v) is 6.63. The van der Waals surface area contributed by atoms with Gasteiger partial charge in [0.25, 0.3) is 0 Å². The molecule has 0 amide bonds. The monoisotopic (exact) mass is 318 g/mol. The Morgan fingerprint density at radius 2 is 1.86 bits per heavy atom. The molecule has 21 heavy (non-hydrogen) atoms. The number of aromatic nitrogens is 5. The van der Waals surface area contributed by atoms with Crippen LogP contribution in [-0.4, -0.2) is 31.3 Å². The highest BCUT2D eigenvalue weighted by molar-refractivity contribution is 6.17. The minimum Gasteiger partial charge on any atom is -0.331 e. The van der Waals surface area contributed by atoms with E-state index in [9.17, 15) is 13.2 Å². The average molecular weight is 319 g/mol. The van der Waals surface area contributed by atoms with E-state index in [4.69, 9.17) is 11.6 Å². The van der Waals surface area contributed by atoms with Gasteiger partial charge in [-0.15, -0.1) is 21.8 Å². The lowest BCUT2D eigenvalue weighted by atomic mass is 10.3. The molecule has 0 unspecified atom stereocenters. The van der Waals surface area contributed by atoms with Gasteiger partial charge in [0.15, 0.2) is 5.82 Å². The smallest absolute Gasteiger partial charge is 0.331 e. The second kappa shape index (κ2) is 5.14. The molecular formula is C11H10ClF3N6. The zero-order chi connectivity index (χ0) is 15.0. The summed E-state index contributed by atoms with van der Waals surface area (Å²) in [5.74, 6) is 0.0321. The molecule has 0 bridgehead atoms. The van der Waals surface area contributed by atoms with Gasteiger partial charge in [0.2, 0.25) is 11.8 Å². The highest BCUT2D eigenvalue weighted by Crippen LogP contribution is 2.29. The molecule has 0 aromatic carbocycles. The van der Waals surface area contributed by atoms with E-state index in [1.54, 1.807) is 17.3 Å². The number of alkyl halides is 4. The molecule has 0 N–H and O–H groups in total. The Labute approximate surface area is 122 Å². The topological polar surface area (TPSA) is 59.7 Å². The van der Waals surface area contributed by atoms with Crippen LogP contribution in [0.2, 0.25) is 0 Å². The second-order valence-electron chi connectivity index (χ2n) is 4.54. The zero-order valence-corrected chi connectivity index (χ0v) is 11.4. The summed E-state index contributed by atoms with van der Waals surface area (Å²) < 4.78 is 39.3. The summed E-state index contributed by atoms with van der Waals surface area (Å²) in [5.41, 5.74) is 0.778. The Balaban J connectivity index is 1.83. The van der Waals surface area contributed by atoms with E-state index >= 15 is 0 Å². The normalized spacial score (nSPS) is 15.1. The van der Waals surface area contributed by atoms with Crippen molar-refractivity contribution in [1.82, 2.24) is 24.7 Å². The number of fused-ring (bicyclic) bond motifs is 1. The van der Waals surface area contributed by atoms with Gasteiger partial charge in [0, 0.05) is 31.0 Å². The van der Waals surface area contributed by atoms with Gasteiger partial charge in [0.1, 0.15) is 0 Å². The molecule has 1 aliphatic rings. The Morgan fingerprint density at radius 3 is 2.48 bits per heavy atom. The van der Waals surface area contributed by atoms with Crippen LogP contribution in [-0.2, 0) is 25.1 Å². The maximum Gasteiger partial charge on any atom is 0.451 e. The molecule has 0 aliphatic carbocycles. The molecule has 3 rings (SSSR count). The van der Waals surface area contributed by atoms with Crippen molar-refractivity contribution < 1.29 is 13.2 Å². The molecule has 3 heterocycles. The Hall–Kier alpha value is -1.90. The molecule has 0 atom stereocenters. The first kappa shape index (κ1) is 14.1. The van der Waals surface area contributed by atoms with Crippen LogP contribution in [0.5, 0.6) is 0 Å². The van der Waals surface area contributed by atoms with Crippen molar-refractivity contribution in [1.29, 1.82) is 0 Å². The van der Waals surface area contributed by atoms with Crippen molar-refractivity contribution in [2.75, 3.05) is 11.4 Å². The maximum atomic E-state index is 12.7. The van der Waals surface area contributed by atoms with Crippen LogP contribution in [0.1, 0.15) is 17.2 Å². The third-order valence-electron chi connectivity index (χ3n) is 3.14. The highest BCUT2D eigenvalue weighted by atomic mass is 35.5. The molecule has 0 radical (unpaired) electrons. The van der Waals surface area contributed by atoms with Gasteiger partial charge in [-0.25, -0.2) is 9.97 Å². The van der Waals surface area contributed by atoms with Crippen molar-refractivity contribution in [3.8, 4) is 0 Å². The SMILES string of the molecule is FC(F)(F)c1nnc2n1CCN(c1ncc(CCl)cn1)C2. The summed E-state index contributed by atoms with van der Waals surface area (Å²) in [6, 6.07) is 0. The van der Waals surface area contributed by atoms with Crippen molar-refractivity contribution in [3.63, 3.8) is 0 Å². The van der Waals surface area contributed by atoms with E-state index < -0.39 is 12.0 Å². The molecular weight excluding hydrogens is 309 g/mol. The maximum absolute atomic E-state index is 12.7. The first-order chi connectivity index (χ1) is 9.99. The largest absolute Gasteiger partial charge is 0.451 e. The summed E-state index contributed by atoms with van der Waals surface area (Å²) >= 11 is 5.66. The lowest BCUT2D eigenvalue weighted by molar-refractivity contribution is -0.147. The minimum absolute atomic E-state index is 0.137. The summed E-state index contributed by atoms with van der Waals surface area (Å²) in [6.07, 6.45) is -1.31. The average Bonchev–Trinajstić information content (AvgIpc) is 2.90. The van der Waals surface area contributed by atoms with Crippen LogP contribution in [0.3, 0.4) is 0 Å². The lowest BCUT2D eigenvalue weighted by Crippen LogP contribution is -2.36. The summed E-state index contributed by atoms with van der Waals surface area (Å²) in [7, 11) is 0. The molecule has 1 aliphatic heterocycles. The third-order valence-corrected chi connectivity index (χ3v) is 3.44. The molecule has 112 valence electrons. The standard InChI is InChI=1S/C11H10ClF3N6/c12-3-7-4-16-10(17-5-7)20-1-2-21-8(6-20)18-19-9(21)11(13,14)15/h4-5H,1-3,6H2. The number of anilines is 1. The number of rotatable bonds is 2. The van der Waals surface area contributed by atoms with Gasteiger partial charge in [-0.3, -0.25) is 0 Å². The summed E-state index contributed by atoms with van der Waals surface area (Å²) in [5, 5.41) is 6.83. The molecule has 0 spiro atoms. The fraction of sp³-hybridized carbons (Fsp3) is 0.455. The molecule has 0 saturated heterocycles. The quantitative estimate of drug-likeness (QED) is 0.791. The van der Waals surface area contributed by atoms with Gasteiger partial charge in [-0.2, -0.15) is 13.2 Å². The van der Waals surface area contributed by atoms with Crippen molar-refractivity contribution in [3.05, 3.63) is 29.6 Å². The van der Waals surface area contributed by atoms with Crippen molar-refractivity contribution >= 4 is 17.5 Å². The van der Waals surface area contributed by atoms with Crippen LogP contribution < -0.4 is 4.90 Å². The molecule has 2 aromatic heterocycles. The van der Waals surface area contributed by atoms with Crippen LogP contribution in [0, 0.1) is 0 Å². The van der Waals surface area contributed by atoms with E-state index in [-0.39, 0.29) is 18.9 Å². The summed E-state index contributed by atoms with van der Waals surface area (Å²) in [4.78, 5) is 10.1. The Morgan fingerprint density at radius 1 is 1.14 bits per heavy atom. The predicted molar refractivity (Wildman–Crippen MR) is 67.7 cm³/mol. The second-order valence-corrected chi connectivity index (χ2v) is 4.80. The molecule has 0 fully saturated rings. The summed E-state index contributed by atoms with van der Waals surface area (Å²) in [6.45, 7) is 0.676. The van der Waals surface area contributed by atoms with E-state index in [0.717, 1.165) is 10.1 Å². The van der Waals surface area contributed by atoms with Crippen LogP contribution >= 0.6 is 11.6 Å². The third kappa shape index (κ3) is 2.65. The Kier molecular flexibility index (Phi) is 3.44. The van der Waals surface area contributed by atoms with Crippen molar-refractivity contribution in [2.24, 2.45) is 0 Å². The van der Waals surface area contributed by atoms with Crippen LogP contribution in [0.15, 0.2) is 12.4 Å². The predicted octanol–water partition coefficient (Wildman–Crippen LogP) is 1.85. The van der Waals surface area contributed by atoms with Gasteiger partial charge >= 0.3 is 6.18 Å². The van der Waals surface area contributed by atoms with Crippen LogP contribution in [0.25, 0.3) is 0 Å². The minimum atomic E-state index is -4.49. The number of halogens is 4. The van der Waals surface area contributed by atoms with E-state index in [2.05, 4.69) is 20.2 Å². The van der Waals surface area contributed by atoms with Gasteiger partial charge in [0.05, 0.1) is 12.4 Å². The fourth-order valence-corrected chi connectivity index (χ4v) is 2.26. The zero-order valence-electron chi connectivity index (χ0n) is 10.7. The van der Waals surface area contributed by atoms with E-state index in [1.165, 1.54) is 0 Å². The van der Waals surface area contributed by atoms with E-state index in [0.29, 0.717) is 18.4 Å². The molecule has 10 heteroatoms. The fourth-order valence-electron chi connectivity index (χ4n) is 2.12. The van der Waals surface area contributed by atoms with Gasteiger partial charge < -0.3 is 9.47 Å². The number of hydrogen-bond donors (Lipinski definition) is 0. The first-order valence-electron chi connectivity index (χ1n) is 6.10. The molecule has 6 nitrogen and oxygen atoms in total. The molecule has 2 aromatic rings. The van der Waals surface area contributed by atoms with Gasteiger partial charge in [-0.1, -0.05) is 0 Å². The Bertz CT molecular complexity index is 638. The number of hydrogen-bond acceptors (Lipinski definition) is 5. The lowest BCUT2D eigenvalue weighted by Gasteiger charge is -2.27. The van der Waals surface area contributed by atoms with Crippen molar-refractivity contribution in [2.45, 2.75) is 25.1 Å². The van der Waals surface area contributed by atoms with Crippen LogP contribution in [0.4, 0.5) is 19.1 Å². The number of nitrogens with zero attached hydrogens (tertiary/aromatic N) is 6. The van der Waals surface area contributed by atoms with Gasteiger partial charge in [-0.05, 0) is 0 Å². The highest BCUT2D eigenvalue weighted by Gasteiger charge is 2.39. The van der Waals surface area contributed by atoms with E-state index in [1.807, 2.05) is 0 Å².